The second-order valence-corrected chi connectivity index (χ2v) is 9.02. The Kier molecular flexibility index (Phi) is 4.06. The van der Waals surface area contributed by atoms with Crippen molar-refractivity contribution in [2.24, 2.45) is 0 Å². The number of hydrogen-bond donors (Lipinski definition) is 3. The van der Waals surface area contributed by atoms with Gasteiger partial charge in [-0.1, -0.05) is 6.07 Å². The van der Waals surface area contributed by atoms with Gasteiger partial charge in [0.1, 0.15) is 11.4 Å². The molecule has 1 aromatic carbocycles. The summed E-state index contributed by atoms with van der Waals surface area (Å²) in [6.45, 7) is 0. The predicted molar refractivity (Wildman–Crippen MR) is 109 cm³/mol. The molecule has 2 aliphatic carbocycles. The standard InChI is InChI=1S/C23H27N3O3/c27-18-6-2-5-17(18)24-23-20-16(11-13-8-10-19(20)29-13)21(25-26-23)15-9-7-12-3-1-4-14(12)22(15)28/h7,9,13,17-19,27-28H,1-6,8,10-11H2,(H,24,26)/t13?,17-,18-,19?/m1/s1. The van der Waals surface area contributed by atoms with Gasteiger partial charge in [0.25, 0.3) is 0 Å². The number of aliphatic hydroxyl groups is 1. The third-order valence-corrected chi connectivity index (χ3v) is 7.29. The van der Waals surface area contributed by atoms with Crippen LogP contribution in [0.2, 0.25) is 0 Å². The molecule has 0 radical (unpaired) electrons. The first-order valence-corrected chi connectivity index (χ1v) is 11.0. The molecule has 0 amide bonds. The van der Waals surface area contributed by atoms with Crippen molar-refractivity contribution in [1.29, 1.82) is 0 Å². The fraction of sp³-hybridized carbons (Fsp3) is 0.565. The molecule has 1 saturated carbocycles. The average molecular weight is 393 g/mol. The zero-order valence-corrected chi connectivity index (χ0v) is 16.5. The summed E-state index contributed by atoms with van der Waals surface area (Å²) in [5, 5.41) is 33.9. The van der Waals surface area contributed by atoms with Crippen LogP contribution in [0.25, 0.3) is 11.3 Å². The molecule has 2 bridgehead atoms. The fourth-order valence-corrected chi connectivity index (χ4v) is 5.78. The summed E-state index contributed by atoms with van der Waals surface area (Å²) in [4.78, 5) is 0. The number of nitrogens with one attached hydrogen (secondary N) is 1. The van der Waals surface area contributed by atoms with Crippen molar-refractivity contribution in [3.05, 3.63) is 34.4 Å². The highest BCUT2D eigenvalue weighted by Gasteiger charge is 2.39. The molecular formula is C23H27N3O3. The van der Waals surface area contributed by atoms with Crippen LogP contribution in [0.1, 0.15) is 66.9 Å². The van der Waals surface area contributed by atoms with Crippen molar-refractivity contribution >= 4 is 5.82 Å². The first kappa shape index (κ1) is 17.7. The molecule has 4 atom stereocenters. The van der Waals surface area contributed by atoms with Crippen LogP contribution in [0.3, 0.4) is 0 Å². The van der Waals surface area contributed by atoms with Gasteiger partial charge >= 0.3 is 0 Å². The Morgan fingerprint density at radius 2 is 1.93 bits per heavy atom. The van der Waals surface area contributed by atoms with E-state index in [1.165, 1.54) is 5.56 Å². The van der Waals surface area contributed by atoms with Crippen molar-refractivity contribution in [1.82, 2.24) is 10.2 Å². The van der Waals surface area contributed by atoms with E-state index in [1.807, 2.05) is 6.07 Å². The number of anilines is 1. The molecule has 2 unspecified atom stereocenters. The lowest BCUT2D eigenvalue weighted by Crippen LogP contribution is -2.30. The van der Waals surface area contributed by atoms with Gasteiger partial charge in [-0.2, -0.15) is 0 Å². The Bertz CT molecular complexity index is 976. The van der Waals surface area contributed by atoms with E-state index in [-0.39, 0.29) is 24.4 Å². The number of aliphatic hydroxyl groups excluding tert-OH is 1. The van der Waals surface area contributed by atoms with Crippen LogP contribution in [0.5, 0.6) is 5.75 Å². The van der Waals surface area contributed by atoms with Crippen LogP contribution in [-0.2, 0) is 24.0 Å². The first-order valence-electron chi connectivity index (χ1n) is 11.0. The average Bonchev–Trinajstić information content (AvgIpc) is 3.44. The smallest absolute Gasteiger partial charge is 0.155 e. The van der Waals surface area contributed by atoms with E-state index >= 15 is 0 Å². The molecule has 6 nitrogen and oxygen atoms in total. The third kappa shape index (κ3) is 2.76. The van der Waals surface area contributed by atoms with Crippen molar-refractivity contribution in [2.45, 2.75) is 82.1 Å². The van der Waals surface area contributed by atoms with E-state index in [1.54, 1.807) is 0 Å². The second kappa shape index (κ2) is 6.67. The number of fused-ring (bicyclic) bond motifs is 5. The maximum Gasteiger partial charge on any atom is 0.155 e. The summed E-state index contributed by atoms with van der Waals surface area (Å²) in [6, 6.07) is 4.17. The molecule has 1 saturated heterocycles. The van der Waals surface area contributed by atoms with Crippen molar-refractivity contribution in [2.75, 3.05) is 5.32 Å². The number of aromatic nitrogens is 2. The SMILES string of the molecule is Oc1c(-c2nnc(N[C@@H]3CCC[C@H]3O)c3c2CC2CCC3O2)ccc2c1CCC2. The van der Waals surface area contributed by atoms with Gasteiger partial charge in [0.05, 0.1) is 24.4 Å². The van der Waals surface area contributed by atoms with Crippen LogP contribution < -0.4 is 5.32 Å². The summed E-state index contributed by atoms with van der Waals surface area (Å²) < 4.78 is 6.22. The Labute approximate surface area is 170 Å². The fourth-order valence-electron chi connectivity index (χ4n) is 5.78. The van der Waals surface area contributed by atoms with E-state index in [4.69, 9.17) is 4.74 Å². The number of aryl methyl sites for hydroxylation is 1. The quantitative estimate of drug-likeness (QED) is 0.740. The Balaban J connectivity index is 1.47. The van der Waals surface area contributed by atoms with Crippen LogP contribution in [-0.4, -0.2) is 38.7 Å². The summed E-state index contributed by atoms with van der Waals surface area (Å²) >= 11 is 0. The van der Waals surface area contributed by atoms with Gasteiger partial charge in [0.2, 0.25) is 0 Å². The van der Waals surface area contributed by atoms with E-state index < -0.39 is 0 Å². The molecule has 4 aliphatic rings. The molecule has 152 valence electrons. The van der Waals surface area contributed by atoms with E-state index in [9.17, 15) is 10.2 Å². The topological polar surface area (TPSA) is 87.5 Å². The minimum absolute atomic E-state index is 0.0202. The Morgan fingerprint density at radius 1 is 1.00 bits per heavy atom. The van der Waals surface area contributed by atoms with Crippen molar-refractivity contribution in [3.8, 4) is 17.0 Å². The Hall–Kier alpha value is -2.18. The summed E-state index contributed by atoms with van der Waals surface area (Å²) in [5.41, 5.74) is 6.16. The van der Waals surface area contributed by atoms with E-state index in [0.717, 1.165) is 91.6 Å². The lowest BCUT2D eigenvalue weighted by atomic mass is 9.92. The summed E-state index contributed by atoms with van der Waals surface area (Å²) in [5.74, 6) is 1.13. The van der Waals surface area contributed by atoms with Crippen LogP contribution >= 0.6 is 0 Å². The molecular weight excluding hydrogens is 366 g/mol. The van der Waals surface area contributed by atoms with E-state index in [2.05, 4.69) is 21.6 Å². The van der Waals surface area contributed by atoms with E-state index in [0.29, 0.717) is 5.75 Å². The normalized spacial score (nSPS) is 29.7. The summed E-state index contributed by atoms with van der Waals surface area (Å²) in [7, 11) is 0. The number of phenols is 1. The lowest BCUT2D eigenvalue weighted by Gasteiger charge is -2.29. The van der Waals surface area contributed by atoms with Gasteiger partial charge in [0, 0.05) is 17.5 Å². The minimum Gasteiger partial charge on any atom is -0.507 e. The predicted octanol–water partition coefficient (Wildman–Crippen LogP) is 3.44. The Morgan fingerprint density at radius 3 is 2.79 bits per heavy atom. The molecule has 0 spiro atoms. The molecule has 29 heavy (non-hydrogen) atoms. The lowest BCUT2D eigenvalue weighted by molar-refractivity contribution is 0.0325. The van der Waals surface area contributed by atoms with Gasteiger partial charge in [-0.05, 0) is 74.1 Å². The number of benzene rings is 1. The van der Waals surface area contributed by atoms with Crippen LogP contribution in [0, 0.1) is 0 Å². The molecule has 2 aliphatic heterocycles. The number of aromatic hydroxyl groups is 1. The monoisotopic (exact) mass is 393 g/mol. The highest BCUT2D eigenvalue weighted by molar-refractivity contribution is 5.75. The number of hydrogen-bond acceptors (Lipinski definition) is 6. The third-order valence-electron chi connectivity index (χ3n) is 7.29. The number of nitrogens with zero attached hydrogens (tertiary/aromatic N) is 2. The zero-order chi connectivity index (χ0) is 19.5. The van der Waals surface area contributed by atoms with Gasteiger partial charge in [-0.25, -0.2) is 0 Å². The number of phenolic OH excluding ortho intramolecular Hbond substituents is 1. The number of ether oxygens (including phenoxy) is 1. The largest absolute Gasteiger partial charge is 0.507 e. The molecule has 6 rings (SSSR count). The maximum absolute atomic E-state index is 11.0. The first-order chi connectivity index (χ1) is 14.2. The molecule has 2 fully saturated rings. The molecule has 3 heterocycles. The molecule has 1 aromatic heterocycles. The van der Waals surface area contributed by atoms with Gasteiger partial charge in [-0.3, -0.25) is 0 Å². The van der Waals surface area contributed by atoms with Crippen LogP contribution in [0.4, 0.5) is 5.82 Å². The highest BCUT2D eigenvalue weighted by atomic mass is 16.5. The van der Waals surface area contributed by atoms with Gasteiger partial charge in [0.15, 0.2) is 5.82 Å². The zero-order valence-electron chi connectivity index (χ0n) is 16.5. The van der Waals surface area contributed by atoms with Crippen LogP contribution in [0.15, 0.2) is 12.1 Å². The van der Waals surface area contributed by atoms with Gasteiger partial charge in [-0.15, -0.1) is 10.2 Å². The second-order valence-electron chi connectivity index (χ2n) is 9.02. The molecule has 3 N–H and O–H groups in total. The van der Waals surface area contributed by atoms with Crippen molar-refractivity contribution in [3.63, 3.8) is 0 Å². The van der Waals surface area contributed by atoms with Crippen molar-refractivity contribution < 1.29 is 14.9 Å². The van der Waals surface area contributed by atoms with Gasteiger partial charge < -0.3 is 20.3 Å². The maximum atomic E-state index is 11.0. The number of rotatable bonds is 3. The minimum atomic E-state index is -0.339. The molecule has 6 heteroatoms. The highest BCUT2D eigenvalue weighted by Crippen LogP contribution is 2.48. The summed E-state index contributed by atoms with van der Waals surface area (Å²) in [6.07, 6.45) is 8.60. The molecule has 2 aromatic rings.